The number of rotatable bonds is 3. The van der Waals surface area contributed by atoms with E-state index in [1.165, 1.54) is 6.07 Å². The molecule has 5 rings (SSSR count). The number of aliphatic hydroxyl groups excluding tert-OH is 2. The smallest absolute Gasteiger partial charge is 0.230 e. The number of hydrogen-bond donors (Lipinski definition) is 6. The summed E-state index contributed by atoms with van der Waals surface area (Å²) >= 11 is 0. The molecule has 208 valence electrons. The Labute approximate surface area is 229 Å². The summed E-state index contributed by atoms with van der Waals surface area (Å²) in [5.41, 5.74) is 4.20. The van der Waals surface area contributed by atoms with Gasteiger partial charge in [-0.25, -0.2) is 8.42 Å². The highest BCUT2D eigenvalue weighted by Crippen LogP contribution is 2.51. The van der Waals surface area contributed by atoms with Crippen molar-refractivity contribution in [2.45, 2.75) is 31.0 Å². The second-order valence-corrected chi connectivity index (χ2v) is 12.2. The summed E-state index contributed by atoms with van der Waals surface area (Å²) in [5.74, 6) is -1.81. The molecule has 3 aliphatic carbocycles. The van der Waals surface area contributed by atoms with Crippen molar-refractivity contribution in [3.8, 4) is 17.6 Å². The summed E-state index contributed by atoms with van der Waals surface area (Å²) in [6.07, 6.45) is -0.437. The monoisotopic (exact) mass is 566 g/mol. The number of nitrogens with one attached hydrogen (secondary N) is 1. The van der Waals surface area contributed by atoms with Crippen molar-refractivity contribution < 1.29 is 43.2 Å². The Morgan fingerprint density at radius 2 is 1.75 bits per heavy atom. The minimum absolute atomic E-state index is 0.0455. The molecule has 3 aliphatic rings. The number of Topliss-reactive ketones (excluding diaryl/α,β-unsaturated/α-hetero) is 2. The highest BCUT2D eigenvalue weighted by atomic mass is 32.2. The van der Waals surface area contributed by atoms with E-state index in [1.807, 2.05) is 0 Å². The molecule has 2 aromatic carbocycles. The van der Waals surface area contributed by atoms with Crippen molar-refractivity contribution in [3.05, 3.63) is 64.2 Å². The van der Waals surface area contributed by atoms with Crippen molar-refractivity contribution in [1.29, 1.82) is 0 Å². The number of amides is 1. The van der Waals surface area contributed by atoms with Crippen molar-refractivity contribution in [2.24, 2.45) is 23.5 Å². The zero-order valence-electron chi connectivity index (χ0n) is 21.2. The van der Waals surface area contributed by atoms with Crippen molar-refractivity contribution >= 4 is 38.9 Å². The second kappa shape index (κ2) is 9.48. The summed E-state index contributed by atoms with van der Waals surface area (Å²) in [4.78, 5) is 38.4. The van der Waals surface area contributed by atoms with E-state index in [9.17, 15) is 43.2 Å². The quantitative estimate of drug-likeness (QED) is 0.224. The van der Waals surface area contributed by atoms with Crippen LogP contribution in [-0.2, 0) is 30.8 Å². The number of hydrogen-bond acceptors (Lipinski definition) is 9. The third-order valence-electron chi connectivity index (χ3n) is 7.80. The lowest BCUT2D eigenvalue weighted by Crippen LogP contribution is -2.66. The van der Waals surface area contributed by atoms with Gasteiger partial charge in [-0.2, -0.15) is 0 Å². The molecular weight excluding hydrogens is 540 g/mol. The second-order valence-electron chi connectivity index (χ2n) is 10.4. The fourth-order valence-electron chi connectivity index (χ4n) is 6.02. The number of carbonyl (C=O) groups excluding carboxylic acids is 3. The van der Waals surface area contributed by atoms with Crippen LogP contribution in [0.15, 0.2) is 42.0 Å². The standard InChI is InChI=1S/C28H26N2O9S/c1-40(38,39)30-17-7-3-13(4-8-17)2-5-14-6-9-19(31)22-18(14)11-15-10-16-12-20(32)23(27(29)36)26(35)28(16,37)25(34)21(15)24(22)33/h3-4,6-9,15-16,20,23,30-33,37H,10-12H2,1H3,(H2,29,36)/t15-,16+,20?,23?,28+/m1/s1. The van der Waals surface area contributed by atoms with Gasteiger partial charge in [0, 0.05) is 28.3 Å². The Morgan fingerprint density at radius 1 is 1.07 bits per heavy atom. The molecule has 0 spiro atoms. The summed E-state index contributed by atoms with van der Waals surface area (Å²) in [5, 5.41) is 43.5. The fourth-order valence-corrected chi connectivity index (χ4v) is 6.58. The number of anilines is 1. The molecule has 2 fully saturated rings. The zero-order valence-corrected chi connectivity index (χ0v) is 22.0. The van der Waals surface area contributed by atoms with Gasteiger partial charge in [0.15, 0.2) is 11.4 Å². The fraction of sp³-hybridized carbons (Fsp3) is 0.321. The van der Waals surface area contributed by atoms with E-state index in [0.717, 1.165) is 6.26 Å². The first-order valence-corrected chi connectivity index (χ1v) is 14.3. The van der Waals surface area contributed by atoms with Crippen LogP contribution in [0.5, 0.6) is 5.75 Å². The molecule has 0 radical (unpaired) electrons. The van der Waals surface area contributed by atoms with Gasteiger partial charge in [-0.3, -0.25) is 19.1 Å². The molecule has 5 atom stereocenters. The number of carbonyl (C=O) groups is 3. The van der Waals surface area contributed by atoms with E-state index in [2.05, 4.69) is 16.6 Å². The summed E-state index contributed by atoms with van der Waals surface area (Å²) < 4.78 is 25.2. The van der Waals surface area contributed by atoms with Gasteiger partial charge in [0.1, 0.15) is 17.4 Å². The van der Waals surface area contributed by atoms with Crippen molar-refractivity contribution in [2.75, 3.05) is 11.0 Å². The molecule has 1 amide bonds. The van der Waals surface area contributed by atoms with Gasteiger partial charge in [-0.05, 0) is 67.1 Å². The Balaban J connectivity index is 1.54. The molecule has 12 heteroatoms. The van der Waals surface area contributed by atoms with E-state index in [-0.39, 0.29) is 36.1 Å². The van der Waals surface area contributed by atoms with E-state index < -0.39 is 62.7 Å². The maximum Gasteiger partial charge on any atom is 0.230 e. The minimum Gasteiger partial charge on any atom is -0.507 e. The first-order chi connectivity index (χ1) is 18.7. The van der Waals surface area contributed by atoms with E-state index >= 15 is 0 Å². The number of nitrogens with two attached hydrogens (primary N) is 1. The highest BCUT2D eigenvalue weighted by Gasteiger charge is 2.63. The molecule has 40 heavy (non-hydrogen) atoms. The topological polar surface area (TPSA) is 204 Å². The van der Waals surface area contributed by atoms with Gasteiger partial charge in [0.2, 0.25) is 21.7 Å². The number of phenols is 1. The maximum atomic E-state index is 13.6. The SMILES string of the molecule is CS(=O)(=O)Nc1ccc(C#Cc2ccc(O)c3c2C[C@H]2C[C@H]4CC(O)C(C(N)=O)C(=O)[C@@]4(O)C(=O)C2=C3O)cc1. The molecule has 0 aliphatic heterocycles. The number of ketones is 2. The van der Waals surface area contributed by atoms with Crippen LogP contribution in [0.25, 0.3) is 5.76 Å². The number of fused-ring (bicyclic) bond motifs is 3. The molecule has 2 aromatic rings. The minimum atomic E-state index is -3.43. The van der Waals surface area contributed by atoms with Crippen LogP contribution >= 0.6 is 0 Å². The molecule has 2 unspecified atom stereocenters. The lowest BCUT2D eigenvalue weighted by Gasteiger charge is -2.48. The number of aromatic hydroxyl groups is 1. The molecule has 0 bridgehead atoms. The Kier molecular flexibility index (Phi) is 6.49. The van der Waals surface area contributed by atoms with Crippen LogP contribution < -0.4 is 10.5 Å². The predicted molar refractivity (Wildman–Crippen MR) is 142 cm³/mol. The molecule has 0 heterocycles. The molecule has 11 nitrogen and oxygen atoms in total. The van der Waals surface area contributed by atoms with Gasteiger partial charge in [-0.1, -0.05) is 11.8 Å². The number of phenolic OH excluding ortho intramolecular Hbond substituents is 1. The first-order valence-electron chi connectivity index (χ1n) is 12.4. The molecule has 7 N–H and O–H groups in total. The third kappa shape index (κ3) is 4.42. The average Bonchev–Trinajstić information content (AvgIpc) is 2.85. The van der Waals surface area contributed by atoms with Gasteiger partial charge in [-0.15, -0.1) is 0 Å². The summed E-state index contributed by atoms with van der Waals surface area (Å²) in [7, 11) is -3.43. The largest absolute Gasteiger partial charge is 0.507 e. The van der Waals surface area contributed by atoms with E-state index in [4.69, 9.17) is 5.73 Å². The van der Waals surface area contributed by atoms with Crippen molar-refractivity contribution in [1.82, 2.24) is 0 Å². The van der Waals surface area contributed by atoms with Gasteiger partial charge in [0.05, 0.1) is 17.9 Å². The van der Waals surface area contributed by atoms with Gasteiger partial charge < -0.3 is 26.2 Å². The lowest BCUT2D eigenvalue weighted by atomic mass is 9.56. The number of aliphatic hydroxyl groups is 3. The number of sulfonamides is 1. The van der Waals surface area contributed by atoms with Gasteiger partial charge in [0.25, 0.3) is 0 Å². The van der Waals surface area contributed by atoms with E-state index in [1.54, 1.807) is 30.3 Å². The van der Waals surface area contributed by atoms with Crippen LogP contribution in [0, 0.1) is 29.6 Å². The Hall–Kier alpha value is -4.18. The highest BCUT2D eigenvalue weighted by molar-refractivity contribution is 7.92. The van der Waals surface area contributed by atoms with Crippen LogP contribution in [-0.4, -0.2) is 64.3 Å². The normalized spacial score (nSPS) is 27.6. The van der Waals surface area contributed by atoms with Gasteiger partial charge >= 0.3 is 0 Å². The lowest BCUT2D eigenvalue weighted by molar-refractivity contribution is -0.174. The summed E-state index contributed by atoms with van der Waals surface area (Å²) in [6, 6.07) is 9.20. The summed E-state index contributed by atoms with van der Waals surface area (Å²) in [6.45, 7) is 0. The number of benzene rings is 2. The molecule has 2 saturated carbocycles. The molecule has 0 aromatic heterocycles. The van der Waals surface area contributed by atoms with E-state index in [0.29, 0.717) is 22.4 Å². The predicted octanol–water partition coefficient (Wildman–Crippen LogP) is 0.360. The maximum absolute atomic E-state index is 13.6. The van der Waals surface area contributed by atoms with Crippen LogP contribution in [0.4, 0.5) is 5.69 Å². The third-order valence-corrected chi connectivity index (χ3v) is 8.40. The van der Waals surface area contributed by atoms with Crippen LogP contribution in [0.2, 0.25) is 0 Å². The van der Waals surface area contributed by atoms with Crippen LogP contribution in [0.1, 0.15) is 35.1 Å². The Morgan fingerprint density at radius 3 is 2.38 bits per heavy atom. The first kappa shape index (κ1) is 27.4. The average molecular weight is 567 g/mol. The number of primary amides is 1. The van der Waals surface area contributed by atoms with Crippen LogP contribution in [0.3, 0.4) is 0 Å². The Bertz CT molecular complexity index is 1670. The molecular formula is C28H26N2O9S. The van der Waals surface area contributed by atoms with Crippen molar-refractivity contribution in [3.63, 3.8) is 0 Å². The zero-order chi connectivity index (χ0) is 29.1. The molecule has 0 saturated heterocycles.